The van der Waals surface area contributed by atoms with Crippen molar-refractivity contribution in [3.8, 4) is 5.75 Å². The second-order valence-corrected chi connectivity index (χ2v) is 10.7. The smallest absolute Gasteiger partial charge is 0.334 e. The van der Waals surface area contributed by atoms with Crippen molar-refractivity contribution in [1.29, 1.82) is 0 Å². The first kappa shape index (κ1) is 19.8. The third-order valence-corrected chi connectivity index (χ3v) is 8.03. The number of aryl methyl sites for hydroxylation is 3. The quantitative estimate of drug-likeness (QED) is 0.532. The minimum Gasteiger partial charge on any atom is -0.461 e. The van der Waals surface area contributed by atoms with Gasteiger partial charge >= 0.3 is 5.97 Å². The molecular formula is C24H34O4. The molecule has 1 saturated heterocycles. The van der Waals surface area contributed by atoms with E-state index < -0.39 is 22.6 Å². The molecule has 1 aromatic carbocycles. The zero-order valence-corrected chi connectivity index (χ0v) is 19.2. The lowest BCUT2D eigenvalue weighted by Crippen LogP contribution is -2.62. The van der Waals surface area contributed by atoms with Crippen LogP contribution in [0.4, 0.5) is 0 Å². The molecule has 1 aromatic heterocycles. The zero-order chi connectivity index (χ0) is 21.1. The Bertz CT molecular complexity index is 972. The maximum atomic E-state index is 6.79. The Labute approximate surface area is 168 Å². The van der Waals surface area contributed by atoms with Crippen LogP contribution in [0.15, 0.2) is 10.5 Å². The standard InChI is InChI=1S/C24H34O4/c1-13-12-16-17(14(2)15(3)25-16)19-18(13)20(4,5)21(6,7)24(26-19)27-22(8,9)23(10,11)28-24/h12H,1-11H3. The van der Waals surface area contributed by atoms with Crippen LogP contribution in [0.1, 0.15) is 77.8 Å². The fraction of sp³-hybridized carbons (Fsp3) is 0.667. The maximum absolute atomic E-state index is 6.79. The van der Waals surface area contributed by atoms with Gasteiger partial charge in [0.05, 0.1) is 22.0 Å². The Morgan fingerprint density at radius 1 is 0.786 bits per heavy atom. The maximum Gasteiger partial charge on any atom is 0.334 e. The number of hydrogen-bond donors (Lipinski definition) is 0. The van der Waals surface area contributed by atoms with E-state index in [2.05, 4.69) is 75.3 Å². The van der Waals surface area contributed by atoms with Gasteiger partial charge in [-0.3, -0.25) is 0 Å². The van der Waals surface area contributed by atoms with E-state index in [-0.39, 0.29) is 5.41 Å². The highest BCUT2D eigenvalue weighted by Crippen LogP contribution is 2.64. The van der Waals surface area contributed by atoms with Gasteiger partial charge in [-0.25, -0.2) is 0 Å². The van der Waals surface area contributed by atoms with Gasteiger partial charge in [-0.05, 0) is 60.1 Å². The highest BCUT2D eigenvalue weighted by atomic mass is 16.9. The second kappa shape index (κ2) is 5.14. The van der Waals surface area contributed by atoms with E-state index in [1.807, 2.05) is 6.92 Å². The number of rotatable bonds is 0. The molecule has 28 heavy (non-hydrogen) atoms. The van der Waals surface area contributed by atoms with E-state index in [0.717, 1.165) is 28.0 Å². The molecule has 2 aliphatic heterocycles. The summed E-state index contributed by atoms with van der Waals surface area (Å²) >= 11 is 0. The molecule has 0 amide bonds. The van der Waals surface area contributed by atoms with Gasteiger partial charge in [-0.1, -0.05) is 27.7 Å². The van der Waals surface area contributed by atoms with Crippen molar-refractivity contribution in [1.82, 2.24) is 0 Å². The summed E-state index contributed by atoms with van der Waals surface area (Å²) in [6, 6.07) is 2.14. The molecule has 0 radical (unpaired) electrons. The zero-order valence-electron chi connectivity index (χ0n) is 19.2. The summed E-state index contributed by atoms with van der Waals surface area (Å²) < 4.78 is 26.1. The van der Waals surface area contributed by atoms with E-state index in [0.29, 0.717) is 0 Å². The Balaban J connectivity index is 2.08. The van der Waals surface area contributed by atoms with Gasteiger partial charge in [0.2, 0.25) is 0 Å². The van der Waals surface area contributed by atoms with Crippen molar-refractivity contribution in [2.24, 2.45) is 5.41 Å². The number of furan rings is 1. The van der Waals surface area contributed by atoms with Crippen LogP contribution >= 0.6 is 0 Å². The molecule has 0 bridgehead atoms. The largest absolute Gasteiger partial charge is 0.461 e. The molecule has 1 spiro atoms. The number of fused-ring (bicyclic) bond motifs is 3. The van der Waals surface area contributed by atoms with Gasteiger partial charge < -0.3 is 18.6 Å². The highest BCUT2D eigenvalue weighted by molar-refractivity contribution is 5.91. The van der Waals surface area contributed by atoms with Crippen LogP contribution < -0.4 is 4.74 Å². The average Bonchev–Trinajstić information content (AvgIpc) is 2.88. The Morgan fingerprint density at radius 3 is 1.86 bits per heavy atom. The number of hydrogen-bond acceptors (Lipinski definition) is 4. The van der Waals surface area contributed by atoms with E-state index in [4.69, 9.17) is 18.6 Å². The number of ether oxygens (including phenoxy) is 3. The fourth-order valence-corrected chi connectivity index (χ4v) is 4.68. The molecule has 0 aliphatic carbocycles. The number of benzene rings is 1. The third kappa shape index (κ3) is 2.08. The van der Waals surface area contributed by atoms with Gasteiger partial charge in [-0.15, -0.1) is 0 Å². The lowest BCUT2D eigenvalue weighted by molar-refractivity contribution is -0.381. The fourth-order valence-electron chi connectivity index (χ4n) is 4.68. The molecule has 4 nitrogen and oxygen atoms in total. The first-order valence-electron chi connectivity index (χ1n) is 10.2. The van der Waals surface area contributed by atoms with Crippen LogP contribution in [0.2, 0.25) is 0 Å². The molecular weight excluding hydrogens is 352 g/mol. The summed E-state index contributed by atoms with van der Waals surface area (Å²) in [6.07, 6.45) is 0. The molecule has 3 heterocycles. The molecule has 4 heteroatoms. The van der Waals surface area contributed by atoms with Gasteiger partial charge in [0.15, 0.2) is 0 Å². The molecule has 1 fully saturated rings. The molecule has 2 aliphatic rings. The van der Waals surface area contributed by atoms with E-state index in [1.165, 1.54) is 11.1 Å². The average molecular weight is 387 g/mol. The molecule has 2 aromatic rings. The van der Waals surface area contributed by atoms with E-state index in [1.54, 1.807) is 0 Å². The van der Waals surface area contributed by atoms with Crippen molar-refractivity contribution in [3.63, 3.8) is 0 Å². The topological polar surface area (TPSA) is 40.8 Å². The van der Waals surface area contributed by atoms with Crippen molar-refractivity contribution in [2.75, 3.05) is 0 Å². The Morgan fingerprint density at radius 2 is 1.32 bits per heavy atom. The minimum absolute atomic E-state index is 0.257. The first-order valence-corrected chi connectivity index (χ1v) is 10.2. The monoisotopic (exact) mass is 386 g/mol. The predicted octanol–water partition coefficient (Wildman–Crippen LogP) is 6.31. The Kier molecular flexibility index (Phi) is 3.63. The SMILES string of the molecule is Cc1cc2oc(C)c(C)c2c2c1C(C)(C)C(C)(C)C1(O2)OC(C)(C)C(C)(C)O1. The summed E-state index contributed by atoms with van der Waals surface area (Å²) in [6.45, 7) is 23.4. The third-order valence-electron chi connectivity index (χ3n) is 8.03. The van der Waals surface area contributed by atoms with Gasteiger partial charge in [-0.2, -0.15) is 0 Å². The van der Waals surface area contributed by atoms with Crippen molar-refractivity contribution < 1.29 is 18.6 Å². The molecule has 0 atom stereocenters. The summed E-state index contributed by atoms with van der Waals surface area (Å²) in [5.74, 6) is 0.564. The molecule has 4 rings (SSSR count). The predicted molar refractivity (Wildman–Crippen MR) is 111 cm³/mol. The summed E-state index contributed by atoms with van der Waals surface area (Å²) in [7, 11) is 0. The van der Waals surface area contributed by atoms with Crippen LogP contribution in [-0.4, -0.2) is 17.2 Å². The summed E-state index contributed by atoms with van der Waals surface area (Å²) in [5.41, 5.74) is 2.64. The lowest BCUT2D eigenvalue weighted by Gasteiger charge is -2.55. The van der Waals surface area contributed by atoms with Crippen LogP contribution in [0.25, 0.3) is 11.0 Å². The highest BCUT2D eigenvalue weighted by Gasteiger charge is 2.71. The van der Waals surface area contributed by atoms with E-state index in [9.17, 15) is 0 Å². The van der Waals surface area contributed by atoms with Crippen LogP contribution in [0, 0.1) is 26.2 Å². The molecule has 154 valence electrons. The second-order valence-electron chi connectivity index (χ2n) is 10.7. The van der Waals surface area contributed by atoms with Gasteiger partial charge in [0.1, 0.15) is 17.1 Å². The van der Waals surface area contributed by atoms with E-state index >= 15 is 0 Å². The first-order chi connectivity index (χ1) is 12.6. The van der Waals surface area contributed by atoms with Crippen LogP contribution in [-0.2, 0) is 14.9 Å². The molecule has 0 unspecified atom stereocenters. The van der Waals surface area contributed by atoms with Crippen LogP contribution in [0.5, 0.6) is 5.75 Å². The summed E-state index contributed by atoms with van der Waals surface area (Å²) in [4.78, 5) is 0. The normalized spacial score (nSPS) is 25.7. The lowest BCUT2D eigenvalue weighted by atomic mass is 9.60. The Hall–Kier alpha value is -1.52. The summed E-state index contributed by atoms with van der Waals surface area (Å²) in [5, 5.41) is 1.02. The molecule has 0 saturated carbocycles. The van der Waals surface area contributed by atoms with Gasteiger partial charge in [0, 0.05) is 16.5 Å². The van der Waals surface area contributed by atoms with Crippen molar-refractivity contribution in [2.45, 2.75) is 98.8 Å². The van der Waals surface area contributed by atoms with Gasteiger partial charge in [0.25, 0.3) is 0 Å². The van der Waals surface area contributed by atoms with Crippen molar-refractivity contribution >= 4 is 11.0 Å². The minimum atomic E-state index is -1.19. The van der Waals surface area contributed by atoms with Crippen molar-refractivity contribution in [3.05, 3.63) is 28.5 Å². The van der Waals surface area contributed by atoms with Crippen LogP contribution in [0.3, 0.4) is 0 Å². The molecule has 0 N–H and O–H groups in total.